The quantitative estimate of drug-likeness (QED) is 0.728. The zero-order valence-corrected chi connectivity index (χ0v) is 10.8. The summed E-state index contributed by atoms with van der Waals surface area (Å²) in [5.41, 5.74) is 2.01. The van der Waals surface area contributed by atoms with Crippen molar-refractivity contribution in [3.63, 3.8) is 0 Å². The highest BCUT2D eigenvalue weighted by atomic mass is 32.1. The summed E-state index contributed by atoms with van der Waals surface area (Å²) in [7, 11) is 0. The van der Waals surface area contributed by atoms with Crippen LogP contribution in [0, 0.1) is 6.92 Å². The van der Waals surface area contributed by atoms with Gasteiger partial charge in [0, 0.05) is 15.3 Å². The lowest BCUT2D eigenvalue weighted by Gasteiger charge is -1.89. The Morgan fingerprint density at radius 2 is 1.88 bits per heavy atom. The normalized spacial score (nSPS) is 10.9. The fourth-order valence-corrected chi connectivity index (χ4v) is 2.66. The summed E-state index contributed by atoms with van der Waals surface area (Å²) in [5.74, 6) is 0.137. The molecule has 86 valence electrons. The molecule has 0 N–H and O–H groups in total. The maximum atomic E-state index is 11.3. The van der Waals surface area contributed by atoms with Crippen molar-refractivity contribution < 1.29 is 4.79 Å². The van der Waals surface area contributed by atoms with Gasteiger partial charge >= 0.3 is 0 Å². The predicted molar refractivity (Wildman–Crippen MR) is 74.4 cm³/mol. The summed E-state index contributed by atoms with van der Waals surface area (Å²) in [6.07, 6.45) is 4.12. The number of carbonyl (C=O) groups excluding carboxylic acids is 1. The molecule has 0 amide bonds. The molecular formula is C15H14OS. The first-order valence-electron chi connectivity index (χ1n) is 5.51. The van der Waals surface area contributed by atoms with E-state index in [0.29, 0.717) is 0 Å². The first-order chi connectivity index (χ1) is 8.16. The number of thiophene rings is 1. The molecule has 0 aliphatic rings. The Morgan fingerprint density at radius 1 is 1.18 bits per heavy atom. The number of rotatable bonds is 3. The number of carbonyl (C=O) groups is 1. The highest BCUT2D eigenvalue weighted by Crippen LogP contribution is 2.23. The van der Waals surface area contributed by atoms with Gasteiger partial charge in [0.15, 0.2) is 5.78 Å². The van der Waals surface area contributed by atoms with Crippen LogP contribution in [-0.4, -0.2) is 5.78 Å². The standard InChI is InChI=1S/C15H14OS/c1-11(16)15-10-14(17-12(15)2)9-8-13-6-4-3-5-7-13/h3-10H,1-2H3. The molecule has 0 aliphatic heterocycles. The maximum Gasteiger partial charge on any atom is 0.160 e. The van der Waals surface area contributed by atoms with Crippen LogP contribution in [0.1, 0.15) is 32.6 Å². The predicted octanol–water partition coefficient (Wildman–Crippen LogP) is 4.43. The van der Waals surface area contributed by atoms with Gasteiger partial charge in [-0.3, -0.25) is 4.79 Å². The third-order valence-electron chi connectivity index (χ3n) is 2.56. The van der Waals surface area contributed by atoms with Crippen LogP contribution in [-0.2, 0) is 0 Å². The van der Waals surface area contributed by atoms with Crippen molar-refractivity contribution in [1.82, 2.24) is 0 Å². The van der Waals surface area contributed by atoms with E-state index in [1.165, 1.54) is 5.56 Å². The molecule has 0 fully saturated rings. The van der Waals surface area contributed by atoms with Gasteiger partial charge < -0.3 is 0 Å². The van der Waals surface area contributed by atoms with Gasteiger partial charge in [0.2, 0.25) is 0 Å². The molecule has 0 atom stereocenters. The topological polar surface area (TPSA) is 17.1 Å². The Hall–Kier alpha value is -1.67. The highest BCUT2D eigenvalue weighted by molar-refractivity contribution is 7.13. The van der Waals surface area contributed by atoms with Gasteiger partial charge in [0.25, 0.3) is 0 Å². The van der Waals surface area contributed by atoms with E-state index < -0.39 is 0 Å². The summed E-state index contributed by atoms with van der Waals surface area (Å²) in [6, 6.07) is 12.1. The third kappa shape index (κ3) is 2.92. The molecule has 0 aliphatic carbocycles. The van der Waals surface area contributed by atoms with Gasteiger partial charge in [0.05, 0.1) is 0 Å². The van der Waals surface area contributed by atoms with Gasteiger partial charge in [-0.1, -0.05) is 36.4 Å². The van der Waals surface area contributed by atoms with Gasteiger partial charge in [-0.25, -0.2) is 0 Å². The van der Waals surface area contributed by atoms with Crippen LogP contribution in [0.15, 0.2) is 36.4 Å². The zero-order chi connectivity index (χ0) is 12.3. The molecule has 0 radical (unpaired) electrons. The molecule has 0 saturated heterocycles. The van der Waals surface area contributed by atoms with E-state index in [4.69, 9.17) is 0 Å². The Morgan fingerprint density at radius 3 is 2.47 bits per heavy atom. The molecule has 2 aromatic rings. The molecule has 2 rings (SSSR count). The van der Waals surface area contributed by atoms with E-state index in [1.54, 1.807) is 18.3 Å². The van der Waals surface area contributed by atoms with Gasteiger partial charge in [-0.2, -0.15) is 0 Å². The molecule has 0 unspecified atom stereocenters. The van der Waals surface area contributed by atoms with Crippen molar-refractivity contribution in [2.24, 2.45) is 0 Å². The number of hydrogen-bond acceptors (Lipinski definition) is 2. The van der Waals surface area contributed by atoms with E-state index in [9.17, 15) is 4.79 Å². The second-order valence-electron chi connectivity index (χ2n) is 3.92. The molecular weight excluding hydrogens is 228 g/mol. The first-order valence-corrected chi connectivity index (χ1v) is 6.33. The monoisotopic (exact) mass is 242 g/mol. The molecule has 2 heteroatoms. The lowest BCUT2D eigenvalue weighted by atomic mass is 10.1. The maximum absolute atomic E-state index is 11.3. The molecule has 0 spiro atoms. The number of hydrogen-bond donors (Lipinski definition) is 0. The smallest absolute Gasteiger partial charge is 0.160 e. The van der Waals surface area contributed by atoms with Crippen molar-refractivity contribution >= 4 is 29.3 Å². The number of Topliss-reactive ketones (excluding diaryl/α,β-unsaturated/α-hetero) is 1. The lowest BCUT2D eigenvalue weighted by molar-refractivity contribution is 0.101. The van der Waals surface area contributed by atoms with E-state index in [1.807, 2.05) is 31.2 Å². The Balaban J connectivity index is 2.22. The van der Waals surface area contributed by atoms with Crippen LogP contribution >= 0.6 is 11.3 Å². The fourth-order valence-electron chi connectivity index (χ4n) is 1.68. The summed E-state index contributed by atoms with van der Waals surface area (Å²) < 4.78 is 0. The van der Waals surface area contributed by atoms with Crippen molar-refractivity contribution in [2.45, 2.75) is 13.8 Å². The minimum Gasteiger partial charge on any atom is -0.294 e. The lowest BCUT2D eigenvalue weighted by Crippen LogP contribution is -1.89. The largest absolute Gasteiger partial charge is 0.294 e. The first kappa shape index (κ1) is 11.8. The van der Waals surface area contributed by atoms with Crippen molar-refractivity contribution in [3.8, 4) is 0 Å². The third-order valence-corrected chi connectivity index (χ3v) is 3.57. The van der Waals surface area contributed by atoms with Crippen molar-refractivity contribution in [1.29, 1.82) is 0 Å². The van der Waals surface area contributed by atoms with Crippen molar-refractivity contribution in [3.05, 3.63) is 57.3 Å². The van der Waals surface area contributed by atoms with Crippen LogP contribution < -0.4 is 0 Å². The van der Waals surface area contributed by atoms with Crippen molar-refractivity contribution in [2.75, 3.05) is 0 Å². The Bertz CT molecular complexity index is 550. The summed E-state index contributed by atoms with van der Waals surface area (Å²) in [5, 5.41) is 0. The van der Waals surface area contributed by atoms with Gasteiger partial charge in [-0.15, -0.1) is 11.3 Å². The molecule has 1 nitrogen and oxygen atoms in total. The molecule has 1 heterocycles. The average molecular weight is 242 g/mol. The zero-order valence-electron chi connectivity index (χ0n) is 9.94. The minimum atomic E-state index is 0.137. The molecule has 1 aromatic heterocycles. The second kappa shape index (κ2) is 5.11. The number of benzene rings is 1. The SMILES string of the molecule is CC(=O)c1cc(C=Cc2ccccc2)sc1C. The van der Waals surface area contributed by atoms with E-state index in [2.05, 4.69) is 24.3 Å². The molecule has 1 aromatic carbocycles. The Kier molecular flexibility index (Phi) is 3.55. The van der Waals surface area contributed by atoms with E-state index >= 15 is 0 Å². The minimum absolute atomic E-state index is 0.137. The Labute approximate surface area is 105 Å². The second-order valence-corrected chi connectivity index (χ2v) is 5.21. The summed E-state index contributed by atoms with van der Waals surface area (Å²) in [6.45, 7) is 3.60. The summed E-state index contributed by atoms with van der Waals surface area (Å²) in [4.78, 5) is 13.5. The number of aryl methyl sites for hydroxylation is 1. The molecule has 17 heavy (non-hydrogen) atoms. The van der Waals surface area contributed by atoms with Gasteiger partial charge in [0.1, 0.15) is 0 Å². The van der Waals surface area contributed by atoms with Crippen LogP contribution in [0.25, 0.3) is 12.2 Å². The van der Waals surface area contributed by atoms with Crippen LogP contribution in [0.5, 0.6) is 0 Å². The van der Waals surface area contributed by atoms with Crippen LogP contribution in [0.4, 0.5) is 0 Å². The van der Waals surface area contributed by atoms with Crippen LogP contribution in [0.2, 0.25) is 0 Å². The summed E-state index contributed by atoms with van der Waals surface area (Å²) >= 11 is 1.65. The average Bonchev–Trinajstić information content (AvgIpc) is 2.69. The van der Waals surface area contributed by atoms with Crippen LogP contribution in [0.3, 0.4) is 0 Å². The van der Waals surface area contributed by atoms with Gasteiger partial charge in [-0.05, 0) is 31.6 Å². The highest BCUT2D eigenvalue weighted by Gasteiger charge is 2.07. The fraction of sp³-hybridized carbons (Fsp3) is 0.133. The number of ketones is 1. The van der Waals surface area contributed by atoms with E-state index in [0.717, 1.165) is 15.3 Å². The molecule has 0 saturated carbocycles. The van der Waals surface area contributed by atoms with E-state index in [-0.39, 0.29) is 5.78 Å². The molecule has 0 bridgehead atoms.